The second-order valence-corrected chi connectivity index (χ2v) is 10.4. The largest absolute Gasteiger partial charge is 0.466 e. The Labute approximate surface area is 182 Å². The Morgan fingerprint density at radius 2 is 1.93 bits per heavy atom. The SMILES string of the molecule is CCOC(=O)CCSc1ccc(S(=O)(=O)CC2CCCCC2C(=O)NCC#N)cc1. The summed E-state index contributed by atoms with van der Waals surface area (Å²) in [6, 6.07) is 8.51. The lowest BCUT2D eigenvalue weighted by Crippen LogP contribution is -2.39. The van der Waals surface area contributed by atoms with Crippen LogP contribution in [0.3, 0.4) is 0 Å². The van der Waals surface area contributed by atoms with E-state index in [0.717, 1.165) is 17.7 Å². The van der Waals surface area contributed by atoms with Gasteiger partial charge >= 0.3 is 5.97 Å². The first kappa shape index (κ1) is 24.2. The zero-order valence-electron chi connectivity index (χ0n) is 17.1. The number of hydrogen-bond acceptors (Lipinski definition) is 7. The number of nitriles is 1. The summed E-state index contributed by atoms with van der Waals surface area (Å²) in [6.45, 7) is 2.06. The van der Waals surface area contributed by atoms with E-state index in [0.29, 0.717) is 31.6 Å². The summed E-state index contributed by atoms with van der Waals surface area (Å²) in [6.07, 6.45) is 3.42. The van der Waals surface area contributed by atoms with Gasteiger partial charge in [-0.15, -0.1) is 11.8 Å². The Morgan fingerprint density at radius 3 is 2.60 bits per heavy atom. The maximum absolute atomic E-state index is 12.9. The van der Waals surface area contributed by atoms with Crippen LogP contribution in [0.2, 0.25) is 0 Å². The maximum Gasteiger partial charge on any atom is 0.306 e. The van der Waals surface area contributed by atoms with E-state index in [-0.39, 0.29) is 40.9 Å². The third-order valence-corrected chi connectivity index (χ3v) is 7.96. The fraction of sp³-hybridized carbons (Fsp3) is 0.571. The highest BCUT2D eigenvalue weighted by Gasteiger charge is 2.34. The molecule has 1 aromatic rings. The van der Waals surface area contributed by atoms with Crippen LogP contribution in [0.15, 0.2) is 34.1 Å². The molecule has 0 radical (unpaired) electrons. The molecule has 0 heterocycles. The smallest absolute Gasteiger partial charge is 0.306 e. The minimum absolute atomic E-state index is 0.0654. The number of hydrogen-bond donors (Lipinski definition) is 1. The lowest BCUT2D eigenvalue weighted by Gasteiger charge is -2.30. The summed E-state index contributed by atoms with van der Waals surface area (Å²) in [5.74, 6) is -0.616. The van der Waals surface area contributed by atoms with Gasteiger partial charge in [0.25, 0.3) is 0 Å². The van der Waals surface area contributed by atoms with E-state index in [2.05, 4.69) is 5.32 Å². The average molecular weight is 453 g/mol. The first-order valence-electron chi connectivity index (χ1n) is 10.1. The van der Waals surface area contributed by atoms with E-state index >= 15 is 0 Å². The van der Waals surface area contributed by atoms with Crippen molar-refractivity contribution in [3.05, 3.63) is 24.3 Å². The second kappa shape index (κ2) is 12.0. The van der Waals surface area contributed by atoms with Gasteiger partial charge in [0, 0.05) is 16.6 Å². The first-order chi connectivity index (χ1) is 14.4. The molecular weight excluding hydrogens is 424 g/mol. The first-order valence-corrected chi connectivity index (χ1v) is 12.8. The molecule has 0 spiro atoms. The topological polar surface area (TPSA) is 113 Å². The minimum atomic E-state index is -3.53. The van der Waals surface area contributed by atoms with Crippen LogP contribution in [-0.2, 0) is 24.2 Å². The summed E-state index contributed by atoms with van der Waals surface area (Å²) in [4.78, 5) is 24.8. The van der Waals surface area contributed by atoms with Crippen molar-refractivity contribution in [2.45, 2.75) is 48.8 Å². The van der Waals surface area contributed by atoms with Crippen molar-refractivity contribution in [2.75, 3.05) is 24.7 Å². The molecule has 9 heteroatoms. The van der Waals surface area contributed by atoms with Crippen LogP contribution in [0, 0.1) is 23.2 Å². The molecule has 1 aliphatic rings. The van der Waals surface area contributed by atoms with Crippen LogP contribution in [0.1, 0.15) is 39.0 Å². The number of thioether (sulfide) groups is 1. The van der Waals surface area contributed by atoms with Gasteiger partial charge in [-0.3, -0.25) is 9.59 Å². The monoisotopic (exact) mass is 452 g/mol. The quantitative estimate of drug-likeness (QED) is 0.330. The fourth-order valence-electron chi connectivity index (χ4n) is 3.62. The number of sulfone groups is 1. The highest BCUT2D eigenvalue weighted by molar-refractivity contribution is 7.99. The fourth-order valence-corrected chi connectivity index (χ4v) is 6.16. The number of nitrogens with one attached hydrogen (secondary N) is 1. The van der Waals surface area contributed by atoms with E-state index < -0.39 is 9.84 Å². The molecular formula is C21H28N2O5S2. The molecule has 30 heavy (non-hydrogen) atoms. The Hall–Kier alpha value is -2.05. The minimum Gasteiger partial charge on any atom is -0.466 e. The molecule has 1 aromatic carbocycles. The predicted octanol–water partition coefficient (Wildman–Crippen LogP) is 2.95. The normalized spacial score (nSPS) is 18.9. The van der Waals surface area contributed by atoms with Crippen LogP contribution in [0.4, 0.5) is 0 Å². The average Bonchev–Trinajstić information content (AvgIpc) is 2.73. The Balaban J connectivity index is 1.97. The molecule has 2 rings (SSSR count). The van der Waals surface area contributed by atoms with Crippen LogP contribution in [-0.4, -0.2) is 45.0 Å². The van der Waals surface area contributed by atoms with Gasteiger partial charge < -0.3 is 10.1 Å². The summed E-state index contributed by atoms with van der Waals surface area (Å²) >= 11 is 1.47. The van der Waals surface area contributed by atoms with Crippen molar-refractivity contribution in [3.63, 3.8) is 0 Å². The zero-order valence-corrected chi connectivity index (χ0v) is 18.8. The van der Waals surface area contributed by atoms with E-state index in [1.165, 1.54) is 11.8 Å². The van der Waals surface area contributed by atoms with E-state index in [4.69, 9.17) is 10.00 Å². The van der Waals surface area contributed by atoms with Gasteiger partial charge in [0.15, 0.2) is 9.84 Å². The Bertz CT molecular complexity index is 862. The van der Waals surface area contributed by atoms with Crippen LogP contribution < -0.4 is 5.32 Å². The van der Waals surface area contributed by atoms with Crippen molar-refractivity contribution in [2.24, 2.45) is 11.8 Å². The molecule has 0 aromatic heterocycles. The standard InChI is InChI=1S/C21H28N2O5S2/c1-2-28-20(24)11-14-29-17-7-9-18(10-8-17)30(26,27)15-16-5-3-4-6-19(16)21(25)23-13-12-22/h7-10,16,19H,2-6,11,13-15H2,1H3,(H,23,25). The molecule has 0 saturated heterocycles. The number of nitrogens with zero attached hydrogens (tertiary/aromatic N) is 1. The van der Waals surface area contributed by atoms with Gasteiger partial charge in [-0.2, -0.15) is 5.26 Å². The van der Waals surface area contributed by atoms with Crippen molar-refractivity contribution in [1.82, 2.24) is 5.32 Å². The molecule has 1 saturated carbocycles. The third-order valence-electron chi connectivity index (χ3n) is 5.08. The predicted molar refractivity (Wildman–Crippen MR) is 115 cm³/mol. The molecule has 1 amide bonds. The van der Waals surface area contributed by atoms with Gasteiger partial charge in [0.2, 0.25) is 5.91 Å². The lowest BCUT2D eigenvalue weighted by atomic mass is 9.80. The Kier molecular flexibility index (Phi) is 9.66. The van der Waals surface area contributed by atoms with Crippen LogP contribution in [0.5, 0.6) is 0 Å². The number of ether oxygens (including phenoxy) is 1. The van der Waals surface area contributed by atoms with Gasteiger partial charge in [-0.25, -0.2) is 8.42 Å². The number of carbonyl (C=O) groups excluding carboxylic acids is 2. The van der Waals surface area contributed by atoms with E-state index in [1.54, 1.807) is 31.2 Å². The summed E-state index contributed by atoms with van der Waals surface area (Å²) < 4.78 is 30.7. The number of benzene rings is 1. The Morgan fingerprint density at radius 1 is 1.23 bits per heavy atom. The zero-order chi connectivity index (χ0) is 22.0. The van der Waals surface area contributed by atoms with E-state index in [9.17, 15) is 18.0 Å². The highest BCUT2D eigenvalue weighted by atomic mass is 32.2. The van der Waals surface area contributed by atoms with Gasteiger partial charge in [-0.05, 0) is 49.9 Å². The molecule has 2 atom stereocenters. The molecule has 0 aliphatic heterocycles. The molecule has 1 fully saturated rings. The van der Waals surface area contributed by atoms with Crippen LogP contribution in [0.25, 0.3) is 0 Å². The molecule has 7 nitrogen and oxygen atoms in total. The summed E-state index contributed by atoms with van der Waals surface area (Å²) in [5.41, 5.74) is 0. The van der Waals surface area contributed by atoms with Gasteiger partial charge in [-0.1, -0.05) is 12.8 Å². The van der Waals surface area contributed by atoms with Crippen molar-refractivity contribution < 1.29 is 22.7 Å². The summed E-state index contributed by atoms with van der Waals surface area (Å²) in [5, 5.41) is 11.2. The van der Waals surface area contributed by atoms with Gasteiger partial charge in [0.1, 0.15) is 6.54 Å². The van der Waals surface area contributed by atoms with Crippen molar-refractivity contribution >= 4 is 33.5 Å². The molecule has 1 aliphatic carbocycles. The van der Waals surface area contributed by atoms with Gasteiger partial charge in [0.05, 0.1) is 29.7 Å². The second-order valence-electron chi connectivity index (χ2n) is 7.18. The molecule has 1 N–H and O–H groups in total. The molecule has 164 valence electrons. The highest BCUT2D eigenvalue weighted by Crippen LogP contribution is 2.33. The lowest BCUT2D eigenvalue weighted by molar-refractivity contribution is -0.142. The molecule has 0 bridgehead atoms. The summed E-state index contributed by atoms with van der Waals surface area (Å²) in [7, 11) is -3.53. The number of carbonyl (C=O) groups is 2. The van der Waals surface area contributed by atoms with Crippen LogP contribution >= 0.6 is 11.8 Å². The number of rotatable bonds is 10. The van der Waals surface area contributed by atoms with Crippen molar-refractivity contribution in [3.8, 4) is 6.07 Å². The number of amides is 1. The van der Waals surface area contributed by atoms with Crippen molar-refractivity contribution in [1.29, 1.82) is 5.26 Å². The van der Waals surface area contributed by atoms with E-state index in [1.807, 2.05) is 6.07 Å². The molecule has 2 unspecified atom stereocenters. The third kappa shape index (κ3) is 7.33. The number of esters is 1. The maximum atomic E-state index is 12.9.